The van der Waals surface area contributed by atoms with Crippen LogP contribution in [0.5, 0.6) is 5.75 Å². The lowest BCUT2D eigenvalue weighted by Crippen LogP contribution is -2.04. The van der Waals surface area contributed by atoms with Gasteiger partial charge in [0.05, 0.1) is 17.7 Å². The van der Waals surface area contributed by atoms with Gasteiger partial charge in [0.1, 0.15) is 5.75 Å². The zero-order valence-electron chi connectivity index (χ0n) is 10.4. The Labute approximate surface area is 109 Å². The molecule has 96 valence electrons. The first-order chi connectivity index (χ1) is 9.20. The number of ether oxygens (including phenoxy) is 1. The van der Waals surface area contributed by atoms with Gasteiger partial charge in [-0.25, -0.2) is 4.79 Å². The lowest BCUT2D eigenvalue weighted by molar-refractivity contribution is 0.0526. The van der Waals surface area contributed by atoms with Crippen LogP contribution in [-0.2, 0) is 4.74 Å². The minimum atomic E-state index is -0.426. The number of carbonyl (C=O) groups excluding carboxylic acids is 1. The highest BCUT2D eigenvalue weighted by atomic mass is 16.5. The minimum Gasteiger partial charge on any atom is -0.506 e. The third-order valence-electron chi connectivity index (χ3n) is 3.11. The van der Waals surface area contributed by atoms with Gasteiger partial charge in [0.2, 0.25) is 0 Å². The van der Waals surface area contributed by atoms with Crippen LogP contribution in [0.3, 0.4) is 0 Å². The van der Waals surface area contributed by atoms with Crippen molar-refractivity contribution in [2.24, 2.45) is 0 Å². The first-order valence-electron chi connectivity index (χ1n) is 6.11. The molecule has 4 heteroatoms. The van der Waals surface area contributed by atoms with E-state index in [4.69, 9.17) is 4.74 Å². The maximum Gasteiger partial charge on any atom is 0.338 e. The first-order valence-corrected chi connectivity index (χ1v) is 6.11. The fraction of sp³-hybridized carbons (Fsp3) is 0.133. The van der Waals surface area contributed by atoms with Crippen LogP contribution in [0.15, 0.2) is 36.4 Å². The molecule has 2 aromatic carbocycles. The smallest absolute Gasteiger partial charge is 0.338 e. The first kappa shape index (κ1) is 11.6. The SMILES string of the molecule is CCOC(=O)c1cc(O)c2[nH]c3ccccc3c2c1. The van der Waals surface area contributed by atoms with Crippen LogP contribution in [0, 0.1) is 0 Å². The molecule has 0 aliphatic carbocycles. The number of nitrogens with one attached hydrogen (secondary N) is 1. The molecule has 1 heterocycles. The van der Waals surface area contributed by atoms with Crippen LogP contribution in [0.1, 0.15) is 17.3 Å². The topological polar surface area (TPSA) is 62.3 Å². The molecule has 0 saturated heterocycles. The van der Waals surface area contributed by atoms with Crippen LogP contribution in [0.4, 0.5) is 0 Å². The number of aromatic nitrogens is 1. The molecule has 19 heavy (non-hydrogen) atoms. The fourth-order valence-electron chi connectivity index (χ4n) is 2.26. The van der Waals surface area contributed by atoms with Crippen molar-refractivity contribution in [3.05, 3.63) is 42.0 Å². The van der Waals surface area contributed by atoms with Crippen LogP contribution in [0.25, 0.3) is 21.8 Å². The van der Waals surface area contributed by atoms with E-state index in [9.17, 15) is 9.90 Å². The Morgan fingerprint density at radius 2 is 2.05 bits per heavy atom. The van der Waals surface area contributed by atoms with Gasteiger partial charge in [-0.1, -0.05) is 18.2 Å². The van der Waals surface area contributed by atoms with Crippen molar-refractivity contribution in [2.45, 2.75) is 6.92 Å². The zero-order chi connectivity index (χ0) is 13.4. The molecular formula is C15H13NO3. The van der Waals surface area contributed by atoms with Crippen molar-refractivity contribution in [1.82, 2.24) is 4.98 Å². The third kappa shape index (κ3) is 1.81. The van der Waals surface area contributed by atoms with Gasteiger partial charge in [0.25, 0.3) is 0 Å². The molecule has 3 rings (SSSR count). The quantitative estimate of drug-likeness (QED) is 0.691. The number of fused-ring (bicyclic) bond motifs is 3. The number of hydrogen-bond acceptors (Lipinski definition) is 3. The van der Waals surface area contributed by atoms with Gasteiger partial charge in [0, 0.05) is 16.3 Å². The summed E-state index contributed by atoms with van der Waals surface area (Å²) in [6, 6.07) is 10.9. The van der Waals surface area contributed by atoms with E-state index in [1.165, 1.54) is 6.07 Å². The van der Waals surface area contributed by atoms with Gasteiger partial charge in [-0.15, -0.1) is 0 Å². The fourth-order valence-corrected chi connectivity index (χ4v) is 2.26. The van der Waals surface area contributed by atoms with E-state index in [0.717, 1.165) is 16.3 Å². The number of esters is 1. The summed E-state index contributed by atoms with van der Waals surface area (Å²) in [6.45, 7) is 2.06. The molecule has 0 bridgehead atoms. The van der Waals surface area contributed by atoms with Crippen LogP contribution < -0.4 is 0 Å². The van der Waals surface area contributed by atoms with Crippen LogP contribution >= 0.6 is 0 Å². The Morgan fingerprint density at radius 1 is 1.26 bits per heavy atom. The highest BCUT2D eigenvalue weighted by molar-refractivity contribution is 6.11. The van der Waals surface area contributed by atoms with Crippen molar-refractivity contribution < 1.29 is 14.6 Å². The van der Waals surface area contributed by atoms with Crippen molar-refractivity contribution in [1.29, 1.82) is 0 Å². The Balaban J connectivity index is 2.29. The Kier molecular flexibility index (Phi) is 2.63. The van der Waals surface area contributed by atoms with Crippen molar-refractivity contribution in [3.8, 4) is 5.75 Å². The predicted molar refractivity (Wildman–Crippen MR) is 73.4 cm³/mol. The molecule has 0 fully saturated rings. The zero-order valence-corrected chi connectivity index (χ0v) is 10.4. The van der Waals surface area contributed by atoms with E-state index in [2.05, 4.69) is 4.98 Å². The number of H-pyrrole nitrogens is 1. The summed E-state index contributed by atoms with van der Waals surface area (Å²) < 4.78 is 4.96. The molecule has 0 radical (unpaired) electrons. The molecule has 0 atom stereocenters. The molecule has 0 aliphatic rings. The van der Waals surface area contributed by atoms with Gasteiger partial charge < -0.3 is 14.8 Å². The highest BCUT2D eigenvalue weighted by Gasteiger charge is 2.14. The molecule has 2 N–H and O–H groups in total. The molecule has 3 aromatic rings. The van der Waals surface area contributed by atoms with Crippen molar-refractivity contribution >= 4 is 27.8 Å². The minimum absolute atomic E-state index is 0.0525. The van der Waals surface area contributed by atoms with Gasteiger partial charge in [0.15, 0.2) is 0 Å². The number of benzene rings is 2. The molecule has 0 aliphatic heterocycles. The summed E-state index contributed by atoms with van der Waals surface area (Å²) in [5.41, 5.74) is 1.92. The molecule has 4 nitrogen and oxygen atoms in total. The van der Waals surface area contributed by atoms with Gasteiger partial charge in [-0.05, 0) is 25.1 Å². The second kappa shape index (κ2) is 4.31. The average molecular weight is 255 g/mol. The lowest BCUT2D eigenvalue weighted by atomic mass is 10.1. The average Bonchev–Trinajstić information content (AvgIpc) is 2.78. The number of aromatic amines is 1. The van der Waals surface area contributed by atoms with Crippen molar-refractivity contribution in [3.63, 3.8) is 0 Å². The summed E-state index contributed by atoms with van der Waals surface area (Å²) in [5, 5.41) is 11.8. The largest absolute Gasteiger partial charge is 0.506 e. The summed E-state index contributed by atoms with van der Waals surface area (Å²) in [7, 11) is 0. The number of hydrogen-bond donors (Lipinski definition) is 2. The molecular weight excluding hydrogens is 242 g/mol. The molecule has 0 amide bonds. The van der Waals surface area contributed by atoms with Crippen molar-refractivity contribution in [2.75, 3.05) is 6.61 Å². The maximum atomic E-state index is 11.8. The molecule has 1 aromatic heterocycles. The molecule has 0 saturated carbocycles. The number of carbonyl (C=O) groups is 1. The van der Waals surface area contributed by atoms with E-state index in [0.29, 0.717) is 17.7 Å². The monoisotopic (exact) mass is 255 g/mol. The van der Waals surface area contributed by atoms with Crippen LogP contribution in [0.2, 0.25) is 0 Å². The standard InChI is InChI=1S/C15H13NO3/c1-2-19-15(18)9-7-11-10-5-3-4-6-12(10)16-14(11)13(17)8-9/h3-8,16-17H,2H2,1H3. The summed E-state index contributed by atoms with van der Waals surface area (Å²) >= 11 is 0. The Morgan fingerprint density at radius 3 is 2.84 bits per heavy atom. The lowest BCUT2D eigenvalue weighted by Gasteiger charge is -2.03. The summed E-state index contributed by atoms with van der Waals surface area (Å²) in [6.07, 6.45) is 0. The number of aromatic hydroxyl groups is 1. The summed E-state index contributed by atoms with van der Waals surface area (Å²) in [5.74, 6) is -0.373. The number of para-hydroxylation sites is 1. The van der Waals surface area contributed by atoms with Crippen LogP contribution in [-0.4, -0.2) is 22.7 Å². The predicted octanol–water partition coefficient (Wildman–Crippen LogP) is 3.20. The molecule has 0 unspecified atom stereocenters. The Hall–Kier alpha value is -2.49. The van der Waals surface area contributed by atoms with Gasteiger partial charge in [-0.3, -0.25) is 0 Å². The Bertz CT molecular complexity index is 774. The number of rotatable bonds is 2. The van der Waals surface area contributed by atoms with E-state index < -0.39 is 5.97 Å². The van der Waals surface area contributed by atoms with Gasteiger partial charge >= 0.3 is 5.97 Å². The second-order valence-corrected chi connectivity index (χ2v) is 4.31. The third-order valence-corrected chi connectivity index (χ3v) is 3.11. The van der Waals surface area contributed by atoms with E-state index >= 15 is 0 Å². The number of phenolic OH excluding ortho intramolecular Hbond substituents is 1. The van der Waals surface area contributed by atoms with E-state index in [-0.39, 0.29) is 5.75 Å². The summed E-state index contributed by atoms with van der Waals surface area (Å²) in [4.78, 5) is 14.9. The maximum absolute atomic E-state index is 11.8. The number of phenols is 1. The second-order valence-electron chi connectivity index (χ2n) is 4.31. The normalized spacial score (nSPS) is 11.0. The van der Waals surface area contributed by atoms with E-state index in [1.54, 1.807) is 13.0 Å². The highest BCUT2D eigenvalue weighted by Crippen LogP contribution is 2.32. The van der Waals surface area contributed by atoms with E-state index in [1.807, 2.05) is 24.3 Å². The van der Waals surface area contributed by atoms with Gasteiger partial charge in [-0.2, -0.15) is 0 Å². The molecule has 0 spiro atoms.